The number of nitriles is 1. The Morgan fingerprint density at radius 1 is 1.24 bits per heavy atom. The average Bonchev–Trinajstić information content (AvgIpc) is 2.61. The van der Waals surface area contributed by atoms with Crippen LogP contribution in [0, 0.1) is 17.2 Å². The molecule has 17 heavy (non-hydrogen) atoms. The van der Waals surface area contributed by atoms with Crippen LogP contribution in [0.2, 0.25) is 0 Å². The molecular formula is C14H25N3. The summed E-state index contributed by atoms with van der Waals surface area (Å²) in [6.07, 6.45) is 8.84. The first-order chi connectivity index (χ1) is 8.27. The molecule has 1 saturated carbocycles. The summed E-state index contributed by atoms with van der Waals surface area (Å²) in [6, 6.07) is 3.15. The Labute approximate surface area is 105 Å². The monoisotopic (exact) mass is 235 g/mol. The maximum atomic E-state index is 9.57. The molecule has 1 aliphatic heterocycles. The minimum absolute atomic E-state index is 0.278. The van der Waals surface area contributed by atoms with Gasteiger partial charge in [0.05, 0.1) is 6.07 Å². The number of hydrogen-bond donors (Lipinski definition) is 2. The van der Waals surface area contributed by atoms with E-state index in [2.05, 4.69) is 23.6 Å². The van der Waals surface area contributed by atoms with Gasteiger partial charge in [0.2, 0.25) is 0 Å². The molecule has 2 unspecified atom stereocenters. The molecule has 0 aromatic heterocycles. The van der Waals surface area contributed by atoms with E-state index in [1.807, 2.05) is 0 Å². The van der Waals surface area contributed by atoms with Crippen molar-refractivity contribution < 1.29 is 0 Å². The molecule has 2 N–H and O–H groups in total. The van der Waals surface area contributed by atoms with E-state index in [9.17, 15) is 5.26 Å². The molecule has 0 bridgehead atoms. The smallest absolute Gasteiger partial charge is 0.111 e. The summed E-state index contributed by atoms with van der Waals surface area (Å²) in [7, 11) is 0. The summed E-state index contributed by atoms with van der Waals surface area (Å²) in [5, 5.41) is 16.7. The molecule has 2 aliphatic rings. The Morgan fingerprint density at radius 2 is 1.94 bits per heavy atom. The van der Waals surface area contributed by atoms with Gasteiger partial charge in [-0.1, -0.05) is 32.6 Å². The summed E-state index contributed by atoms with van der Waals surface area (Å²) in [4.78, 5) is 0. The highest BCUT2D eigenvalue weighted by Crippen LogP contribution is 2.27. The van der Waals surface area contributed by atoms with E-state index in [1.165, 1.54) is 38.5 Å². The zero-order chi connectivity index (χ0) is 12.1. The average molecular weight is 235 g/mol. The molecule has 2 atom stereocenters. The van der Waals surface area contributed by atoms with Gasteiger partial charge in [0, 0.05) is 18.5 Å². The van der Waals surface area contributed by atoms with E-state index in [0.29, 0.717) is 12.0 Å². The van der Waals surface area contributed by atoms with Crippen LogP contribution in [-0.4, -0.2) is 24.7 Å². The first-order valence-electron chi connectivity index (χ1n) is 7.16. The zero-order valence-corrected chi connectivity index (χ0v) is 11.0. The minimum Gasteiger partial charge on any atom is -0.316 e. The second-order valence-electron chi connectivity index (χ2n) is 5.77. The van der Waals surface area contributed by atoms with Gasteiger partial charge >= 0.3 is 0 Å². The van der Waals surface area contributed by atoms with Gasteiger partial charge in [0.25, 0.3) is 0 Å². The van der Waals surface area contributed by atoms with Gasteiger partial charge in [-0.25, -0.2) is 0 Å². The van der Waals surface area contributed by atoms with Gasteiger partial charge in [0.15, 0.2) is 0 Å². The van der Waals surface area contributed by atoms with Crippen LogP contribution in [0.15, 0.2) is 0 Å². The summed E-state index contributed by atoms with van der Waals surface area (Å²) in [5.41, 5.74) is -0.278. The van der Waals surface area contributed by atoms with Crippen LogP contribution in [0.5, 0.6) is 0 Å². The lowest BCUT2D eigenvalue weighted by Crippen LogP contribution is -2.59. The van der Waals surface area contributed by atoms with Gasteiger partial charge in [-0.05, 0) is 25.8 Å². The highest BCUT2D eigenvalue weighted by molar-refractivity contribution is 5.13. The predicted molar refractivity (Wildman–Crippen MR) is 69.6 cm³/mol. The summed E-state index contributed by atoms with van der Waals surface area (Å²) in [5.74, 6) is 0.407. The van der Waals surface area contributed by atoms with Crippen LogP contribution in [-0.2, 0) is 0 Å². The van der Waals surface area contributed by atoms with Crippen LogP contribution in [0.1, 0.15) is 51.9 Å². The first kappa shape index (κ1) is 12.9. The van der Waals surface area contributed by atoms with Crippen molar-refractivity contribution in [2.75, 3.05) is 13.1 Å². The van der Waals surface area contributed by atoms with Crippen LogP contribution in [0.3, 0.4) is 0 Å². The molecule has 2 fully saturated rings. The number of nitrogens with one attached hydrogen (secondary N) is 2. The molecule has 1 heterocycles. The fraction of sp³-hybridized carbons (Fsp3) is 0.929. The first-order valence-corrected chi connectivity index (χ1v) is 7.16. The lowest BCUT2D eigenvalue weighted by molar-refractivity contribution is 0.198. The fourth-order valence-electron chi connectivity index (χ4n) is 3.23. The SMILES string of the molecule is CC1CNCCC1(C#N)NC1CCCCCC1. The molecule has 3 heteroatoms. The lowest BCUT2D eigenvalue weighted by atomic mass is 9.79. The molecule has 1 saturated heterocycles. The van der Waals surface area contributed by atoms with E-state index in [0.717, 1.165) is 19.5 Å². The third-order valence-corrected chi connectivity index (χ3v) is 4.50. The van der Waals surface area contributed by atoms with Gasteiger partial charge in [-0.2, -0.15) is 5.26 Å². The highest BCUT2D eigenvalue weighted by atomic mass is 15.1. The van der Waals surface area contributed by atoms with Crippen molar-refractivity contribution >= 4 is 0 Å². The number of rotatable bonds is 2. The van der Waals surface area contributed by atoms with Gasteiger partial charge in [-0.3, -0.25) is 5.32 Å². The third kappa shape index (κ3) is 3.00. The molecular weight excluding hydrogens is 210 g/mol. The predicted octanol–water partition coefficient (Wildman–Crippen LogP) is 2.19. The van der Waals surface area contributed by atoms with Crippen molar-refractivity contribution in [2.24, 2.45) is 5.92 Å². The standard InChI is InChI=1S/C14H25N3/c1-12-10-16-9-8-14(12,11-15)17-13-6-4-2-3-5-7-13/h12-13,16-17H,2-10H2,1H3. The summed E-state index contributed by atoms with van der Waals surface area (Å²) >= 11 is 0. The molecule has 0 spiro atoms. The Balaban J connectivity index is 2.00. The van der Waals surface area contributed by atoms with E-state index >= 15 is 0 Å². The van der Waals surface area contributed by atoms with Crippen molar-refractivity contribution in [1.82, 2.24) is 10.6 Å². The third-order valence-electron chi connectivity index (χ3n) is 4.50. The van der Waals surface area contributed by atoms with Gasteiger partial charge < -0.3 is 5.32 Å². The van der Waals surface area contributed by atoms with E-state index < -0.39 is 0 Å². The second-order valence-corrected chi connectivity index (χ2v) is 5.77. The van der Waals surface area contributed by atoms with Gasteiger partial charge in [0.1, 0.15) is 5.54 Å². The van der Waals surface area contributed by atoms with E-state index in [1.54, 1.807) is 0 Å². The van der Waals surface area contributed by atoms with E-state index in [-0.39, 0.29) is 5.54 Å². The molecule has 0 aromatic rings. The number of nitrogens with zero attached hydrogens (tertiary/aromatic N) is 1. The van der Waals surface area contributed by atoms with Crippen LogP contribution in [0.25, 0.3) is 0 Å². The Morgan fingerprint density at radius 3 is 2.53 bits per heavy atom. The highest BCUT2D eigenvalue weighted by Gasteiger charge is 2.39. The van der Waals surface area contributed by atoms with Crippen molar-refractivity contribution in [2.45, 2.75) is 63.5 Å². The zero-order valence-electron chi connectivity index (χ0n) is 11.0. The second kappa shape index (κ2) is 5.84. The van der Waals surface area contributed by atoms with Crippen molar-refractivity contribution in [3.63, 3.8) is 0 Å². The maximum absolute atomic E-state index is 9.57. The van der Waals surface area contributed by atoms with Crippen LogP contribution < -0.4 is 10.6 Å². The van der Waals surface area contributed by atoms with Crippen LogP contribution in [0.4, 0.5) is 0 Å². The largest absolute Gasteiger partial charge is 0.316 e. The number of hydrogen-bond acceptors (Lipinski definition) is 3. The molecule has 0 amide bonds. The fourth-order valence-corrected chi connectivity index (χ4v) is 3.23. The summed E-state index contributed by atoms with van der Waals surface area (Å²) in [6.45, 7) is 4.13. The number of piperidine rings is 1. The van der Waals surface area contributed by atoms with Gasteiger partial charge in [-0.15, -0.1) is 0 Å². The Bertz CT molecular complexity index is 276. The molecule has 2 rings (SSSR count). The minimum atomic E-state index is -0.278. The topological polar surface area (TPSA) is 47.9 Å². The maximum Gasteiger partial charge on any atom is 0.111 e. The summed E-state index contributed by atoms with van der Waals surface area (Å²) < 4.78 is 0. The van der Waals surface area contributed by atoms with Crippen LogP contribution >= 0.6 is 0 Å². The molecule has 96 valence electrons. The normalized spacial score (nSPS) is 36.1. The van der Waals surface area contributed by atoms with Crippen molar-refractivity contribution in [1.29, 1.82) is 5.26 Å². The Hall–Kier alpha value is -0.590. The molecule has 0 radical (unpaired) electrons. The molecule has 1 aliphatic carbocycles. The molecule has 3 nitrogen and oxygen atoms in total. The Kier molecular flexibility index (Phi) is 4.42. The van der Waals surface area contributed by atoms with E-state index in [4.69, 9.17) is 0 Å². The van der Waals surface area contributed by atoms with Crippen molar-refractivity contribution in [3.05, 3.63) is 0 Å². The quantitative estimate of drug-likeness (QED) is 0.721. The lowest BCUT2D eigenvalue weighted by Gasteiger charge is -2.40. The van der Waals surface area contributed by atoms with Crippen molar-refractivity contribution in [3.8, 4) is 6.07 Å². The molecule has 0 aromatic carbocycles.